The van der Waals surface area contributed by atoms with Gasteiger partial charge in [0.2, 0.25) is 5.82 Å². The standard InChI is InChI=1S/C17H21N5O2/c1-3-14-13(12-6-4-5-7-15(12)24-14)10-22-8-9-23-16(11-22)17-18-20-21(2)19-17/h4-7,16H,3,8-11H2,1-2H3. The van der Waals surface area contributed by atoms with E-state index in [9.17, 15) is 0 Å². The summed E-state index contributed by atoms with van der Waals surface area (Å²) in [6.45, 7) is 5.29. The van der Waals surface area contributed by atoms with Gasteiger partial charge in [0.15, 0.2) is 0 Å². The van der Waals surface area contributed by atoms with Gasteiger partial charge in [0.25, 0.3) is 0 Å². The second-order valence-corrected chi connectivity index (χ2v) is 6.09. The van der Waals surface area contributed by atoms with Crippen LogP contribution in [0.3, 0.4) is 0 Å². The molecule has 7 nitrogen and oxygen atoms in total. The molecule has 1 aliphatic rings. The number of tetrazole rings is 1. The van der Waals surface area contributed by atoms with Gasteiger partial charge in [-0.3, -0.25) is 4.90 Å². The van der Waals surface area contributed by atoms with Crippen molar-refractivity contribution in [3.8, 4) is 0 Å². The molecule has 0 radical (unpaired) electrons. The normalized spacial score (nSPS) is 19.2. The van der Waals surface area contributed by atoms with Crippen molar-refractivity contribution in [1.29, 1.82) is 0 Å². The molecule has 1 saturated heterocycles. The van der Waals surface area contributed by atoms with Crippen LogP contribution < -0.4 is 0 Å². The van der Waals surface area contributed by atoms with Crippen molar-refractivity contribution in [2.45, 2.75) is 26.0 Å². The summed E-state index contributed by atoms with van der Waals surface area (Å²) in [6, 6.07) is 8.24. The van der Waals surface area contributed by atoms with E-state index < -0.39 is 0 Å². The van der Waals surface area contributed by atoms with Crippen molar-refractivity contribution in [2.24, 2.45) is 7.05 Å². The molecule has 0 spiro atoms. The molecule has 4 rings (SSSR count). The second kappa shape index (κ2) is 6.33. The summed E-state index contributed by atoms with van der Waals surface area (Å²) in [4.78, 5) is 3.84. The number of aryl methyl sites for hydroxylation is 2. The van der Waals surface area contributed by atoms with Gasteiger partial charge in [0, 0.05) is 37.0 Å². The maximum absolute atomic E-state index is 6.01. The number of aromatic nitrogens is 4. The summed E-state index contributed by atoms with van der Waals surface area (Å²) >= 11 is 0. The molecule has 0 N–H and O–H groups in total. The molecule has 1 atom stereocenters. The summed E-state index contributed by atoms with van der Waals surface area (Å²) in [5.41, 5.74) is 2.24. The molecule has 1 aromatic carbocycles. The number of benzene rings is 1. The number of hydrogen-bond donors (Lipinski definition) is 0. The zero-order valence-corrected chi connectivity index (χ0v) is 14.0. The fourth-order valence-corrected chi connectivity index (χ4v) is 3.26. The lowest BCUT2D eigenvalue weighted by molar-refractivity contribution is -0.0373. The maximum Gasteiger partial charge on any atom is 0.204 e. The van der Waals surface area contributed by atoms with Gasteiger partial charge in [0.1, 0.15) is 17.4 Å². The number of nitrogens with zero attached hydrogens (tertiary/aromatic N) is 5. The molecule has 126 valence electrons. The number of fused-ring (bicyclic) bond motifs is 1. The van der Waals surface area contributed by atoms with E-state index in [2.05, 4.69) is 39.4 Å². The van der Waals surface area contributed by atoms with E-state index in [1.807, 2.05) is 12.1 Å². The Morgan fingerprint density at radius 1 is 1.29 bits per heavy atom. The lowest BCUT2D eigenvalue weighted by Crippen LogP contribution is -2.38. The molecule has 1 aliphatic heterocycles. The fraction of sp³-hybridized carbons (Fsp3) is 0.471. The number of furan rings is 1. The van der Waals surface area contributed by atoms with Crippen LogP contribution >= 0.6 is 0 Å². The third-order valence-electron chi connectivity index (χ3n) is 4.45. The highest BCUT2D eigenvalue weighted by atomic mass is 16.5. The Morgan fingerprint density at radius 2 is 2.17 bits per heavy atom. The first-order chi connectivity index (χ1) is 11.7. The Kier molecular flexibility index (Phi) is 4.03. The quantitative estimate of drug-likeness (QED) is 0.731. The highest BCUT2D eigenvalue weighted by Gasteiger charge is 2.27. The zero-order valence-electron chi connectivity index (χ0n) is 14.0. The molecule has 0 bridgehead atoms. The number of hydrogen-bond acceptors (Lipinski definition) is 6. The number of ether oxygens (including phenoxy) is 1. The molecule has 3 heterocycles. The third kappa shape index (κ3) is 2.81. The maximum atomic E-state index is 6.01. The van der Waals surface area contributed by atoms with Crippen LogP contribution in [0.1, 0.15) is 30.2 Å². The summed E-state index contributed by atoms with van der Waals surface area (Å²) in [7, 11) is 1.77. The van der Waals surface area contributed by atoms with Crippen LogP contribution in [-0.4, -0.2) is 44.8 Å². The Balaban J connectivity index is 1.57. The van der Waals surface area contributed by atoms with Crippen LogP contribution in [0.2, 0.25) is 0 Å². The fourth-order valence-electron chi connectivity index (χ4n) is 3.26. The van der Waals surface area contributed by atoms with Crippen LogP contribution in [0, 0.1) is 0 Å². The number of para-hydroxylation sites is 1. The van der Waals surface area contributed by atoms with E-state index in [0.717, 1.165) is 37.4 Å². The van der Waals surface area contributed by atoms with Crippen molar-refractivity contribution < 1.29 is 9.15 Å². The summed E-state index contributed by atoms with van der Waals surface area (Å²) in [5, 5.41) is 13.5. The molecule has 24 heavy (non-hydrogen) atoms. The highest BCUT2D eigenvalue weighted by molar-refractivity contribution is 5.82. The van der Waals surface area contributed by atoms with Crippen molar-refractivity contribution in [2.75, 3.05) is 19.7 Å². The van der Waals surface area contributed by atoms with Gasteiger partial charge >= 0.3 is 0 Å². The van der Waals surface area contributed by atoms with Crippen molar-refractivity contribution in [3.05, 3.63) is 41.4 Å². The molecule has 1 fully saturated rings. The van der Waals surface area contributed by atoms with E-state index in [4.69, 9.17) is 9.15 Å². The van der Waals surface area contributed by atoms with E-state index in [0.29, 0.717) is 12.4 Å². The number of morpholine rings is 1. The molecule has 0 amide bonds. The van der Waals surface area contributed by atoms with E-state index >= 15 is 0 Å². The Hall–Kier alpha value is -2.25. The van der Waals surface area contributed by atoms with E-state index in [1.165, 1.54) is 15.7 Å². The predicted octanol–water partition coefficient (Wildman–Crippen LogP) is 2.09. The van der Waals surface area contributed by atoms with Gasteiger partial charge in [-0.05, 0) is 11.3 Å². The Morgan fingerprint density at radius 3 is 2.96 bits per heavy atom. The lowest BCUT2D eigenvalue weighted by Gasteiger charge is -2.31. The minimum atomic E-state index is -0.129. The molecule has 0 aliphatic carbocycles. The van der Waals surface area contributed by atoms with Crippen LogP contribution in [0.25, 0.3) is 11.0 Å². The highest BCUT2D eigenvalue weighted by Crippen LogP contribution is 2.29. The first kappa shape index (κ1) is 15.3. The average Bonchev–Trinajstić information content (AvgIpc) is 3.19. The Bertz CT molecular complexity index is 840. The van der Waals surface area contributed by atoms with Crippen LogP contribution in [0.4, 0.5) is 0 Å². The van der Waals surface area contributed by atoms with Crippen LogP contribution in [-0.2, 0) is 24.8 Å². The van der Waals surface area contributed by atoms with Gasteiger partial charge in [0.05, 0.1) is 13.7 Å². The molecule has 2 aromatic heterocycles. The average molecular weight is 327 g/mol. The zero-order chi connectivity index (χ0) is 16.5. The minimum absolute atomic E-state index is 0.129. The van der Waals surface area contributed by atoms with Crippen molar-refractivity contribution in [3.63, 3.8) is 0 Å². The molecule has 3 aromatic rings. The smallest absolute Gasteiger partial charge is 0.204 e. The SMILES string of the molecule is CCc1oc2ccccc2c1CN1CCOC(c2nnn(C)n2)C1. The second-order valence-electron chi connectivity index (χ2n) is 6.09. The monoisotopic (exact) mass is 327 g/mol. The lowest BCUT2D eigenvalue weighted by atomic mass is 10.1. The van der Waals surface area contributed by atoms with Crippen molar-refractivity contribution >= 4 is 11.0 Å². The van der Waals surface area contributed by atoms with Gasteiger partial charge in [-0.1, -0.05) is 25.1 Å². The number of rotatable bonds is 4. The topological polar surface area (TPSA) is 69.2 Å². The summed E-state index contributed by atoms with van der Waals surface area (Å²) in [6.07, 6.45) is 0.763. The molecular formula is C17H21N5O2. The predicted molar refractivity (Wildman–Crippen MR) is 88.4 cm³/mol. The van der Waals surface area contributed by atoms with Gasteiger partial charge in [-0.15, -0.1) is 10.2 Å². The Labute approximate surface area is 140 Å². The first-order valence-electron chi connectivity index (χ1n) is 8.31. The molecule has 1 unspecified atom stereocenters. The van der Waals surface area contributed by atoms with Crippen molar-refractivity contribution in [1.82, 2.24) is 25.1 Å². The minimum Gasteiger partial charge on any atom is -0.461 e. The molecule has 7 heteroatoms. The van der Waals surface area contributed by atoms with Gasteiger partial charge in [-0.2, -0.15) is 4.80 Å². The van der Waals surface area contributed by atoms with Crippen LogP contribution in [0.15, 0.2) is 28.7 Å². The molecule has 0 saturated carbocycles. The summed E-state index contributed by atoms with van der Waals surface area (Å²) < 4.78 is 11.8. The first-order valence-corrected chi connectivity index (χ1v) is 8.31. The van der Waals surface area contributed by atoms with E-state index in [1.54, 1.807) is 7.05 Å². The summed E-state index contributed by atoms with van der Waals surface area (Å²) in [5.74, 6) is 1.71. The van der Waals surface area contributed by atoms with E-state index in [-0.39, 0.29) is 6.10 Å². The van der Waals surface area contributed by atoms with Crippen LogP contribution in [0.5, 0.6) is 0 Å². The van der Waals surface area contributed by atoms with Gasteiger partial charge in [-0.25, -0.2) is 0 Å². The third-order valence-corrected chi connectivity index (χ3v) is 4.45. The largest absolute Gasteiger partial charge is 0.461 e. The molecular weight excluding hydrogens is 306 g/mol. The van der Waals surface area contributed by atoms with Gasteiger partial charge < -0.3 is 9.15 Å².